The Morgan fingerprint density at radius 2 is 2.36 bits per heavy atom. The molecular formula is C15H19N7. The highest BCUT2D eigenvalue weighted by Crippen LogP contribution is 2.14. The highest BCUT2D eigenvalue weighted by molar-refractivity contribution is 5.69. The van der Waals surface area contributed by atoms with Gasteiger partial charge in [-0.25, -0.2) is 19.6 Å². The van der Waals surface area contributed by atoms with E-state index in [2.05, 4.69) is 37.3 Å². The lowest BCUT2D eigenvalue weighted by Crippen LogP contribution is -2.37. The first-order valence-corrected chi connectivity index (χ1v) is 7.77. The zero-order valence-electron chi connectivity index (χ0n) is 12.6. The van der Waals surface area contributed by atoms with Gasteiger partial charge in [0.15, 0.2) is 11.5 Å². The lowest BCUT2D eigenvalue weighted by molar-refractivity contribution is 0.355. The van der Waals surface area contributed by atoms with Crippen molar-refractivity contribution in [3.8, 4) is 0 Å². The van der Waals surface area contributed by atoms with Crippen LogP contribution >= 0.6 is 0 Å². The average molecular weight is 297 g/mol. The van der Waals surface area contributed by atoms with Crippen molar-refractivity contribution in [1.29, 1.82) is 0 Å². The normalized spacial score (nSPS) is 17.8. The fourth-order valence-corrected chi connectivity index (χ4v) is 2.90. The first kappa shape index (κ1) is 13.4. The number of hydrogen-bond acceptors (Lipinski definition) is 5. The van der Waals surface area contributed by atoms with Gasteiger partial charge in [-0.3, -0.25) is 0 Å². The molecule has 7 heteroatoms. The monoisotopic (exact) mass is 297 g/mol. The maximum atomic E-state index is 4.55. The zero-order chi connectivity index (χ0) is 14.9. The Hall–Kier alpha value is -2.28. The van der Waals surface area contributed by atoms with Crippen LogP contribution in [0.25, 0.3) is 11.2 Å². The number of aromatic amines is 1. The molecule has 0 spiro atoms. The molecule has 0 bridgehead atoms. The van der Waals surface area contributed by atoms with E-state index in [0.717, 1.165) is 54.4 Å². The molecule has 1 atom stereocenters. The third-order valence-corrected chi connectivity index (χ3v) is 4.08. The summed E-state index contributed by atoms with van der Waals surface area (Å²) < 4.78 is 2.04. The predicted molar refractivity (Wildman–Crippen MR) is 82.2 cm³/mol. The fourth-order valence-electron chi connectivity index (χ4n) is 2.90. The van der Waals surface area contributed by atoms with Crippen molar-refractivity contribution in [2.45, 2.75) is 45.3 Å². The summed E-state index contributed by atoms with van der Waals surface area (Å²) in [4.78, 5) is 16.6. The van der Waals surface area contributed by atoms with Gasteiger partial charge in [0.05, 0.1) is 18.6 Å². The van der Waals surface area contributed by atoms with Gasteiger partial charge in [-0.1, -0.05) is 6.92 Å². The van der Waals surface area contributed by atoms with Gasteiger partial charge in [0.1, 0.15) is 11.6 Å². The molecule has 0 radical (unpaired) electrons. The van der Waals surface area contributed by atoms with Gasteiger partial charge in [-0.2, -0.15) is 5.10 Å². The van der Waals surface area contributed by atoms with E-state index in [-0.39, 0.29) is 0 Å². The van der Waals surface area contributed by atoms with Crippen molar-refractivity contribution in [2.24, 2.45) is 0 Å². The summed E-state index contributed by atoms with van der Waals surface area (Å²) in [5.41, 5.74) is 1.75. The van der Waals surface area contributed by atoms with Gasteiger partial charge in [0.2, 0.25) is 0 Å². The summed E-state index contributed by atoms with van der Waals surface area (Å²) in [6.07, 6.45) is 4.72. The molecule has 2 N–H and O–H groups in total. The Kier molecular flexibility index (Phi) is 3.34. The number of nitrogens with one attached hydrogen (secondary N) is 2. The molecule has 0 aliphatic carbocycles. The molecule has 0 saturated carbocycles. The van der Waals surface area contributed by atoms with Gasteiger partial charge in [0.25, 0.3) is 0 Å². The Balaban J connectivity index is 1.42. The molecule has 1 aliphatic rings. The Morgan fingerprint density at radius 1 is 1.41 bits per heavy atom. The van der Waals surface area contributed by atoms with Crippen molar-refractivity contribution in [3.63, 3.8) is 0 Å². The van der Waals surface area contributed by atoms with Gasteiger partial charge in [-0.05, 0) is 18.6 Å². The second-order valence-corrected chi connectivity index (χ2v) is 5.65. The molecule has 0 saturated heterocycles. The maximum Gasteiger partial charge on any atom is 0.177 e. The number of nitrogens with zero attached hydrogens (tertiary/aromatic N) is 5. The van der Waals surface area contributed by atoms with Crippen LogP contribution in [0.4, 0.5) is 0 Å². The largest absolute Gasteiger partial charge is 0.340 e. The minimum atomic E-state index is 0.403. The van der Waals surface area contributed by atoms with Crippen LogP contribution in [-0.2, 0) is 25.9 Å². The number of aromatic nitrogens is 6. The average Bonchev–Trinajstić information content (AvgIpc) is 3.15. The fraction of sp³-hybridized carbons (Fsp3) is 0.467. The van der Waals surface area contributed by atoms with E-state index in [9.17, 15) is 0 Å². The quantitative estimate of drug-likeness (QED) is 0.756. The Labute approximate surface area is 128 Å². The molecule has 1 unspecified atom stereocenters. The van der Waals surface area contributed by atoms with Crippen molar-refractivity contribution < 1.29 is 0 Å². The van der Waals surface area contributed by atoms with E-state index in [1.807, 2.05) is 16.8 Å². The van der Waals surface area contributed by atoms with E-state index in [1.165, 1.54) is 0 Å². The SMILES string of the molecule is CCc1nc2n(n1)CC(NCc1nc3ncccc3[nH]1)CC2. The highest BCUT2D eigenvalue weighted by atomic mass is 15.4. The van der Waals surface area contributed by atoms with Crippen LogP contribution in [0.2, 0.25) is 0 Å². The molecular weight excluding hydrogens is 278 g/mol. The van der Waals surface area contributed by atoms with Crippen molar-refractivity contribution >= 4 is 11.2 Å². The molecule has 3 aromatic heterocycles. The third-order valence-electron chi connectivity index (χ3n) is 4.08. The summed E-state index contributed by atoms with van der Waals surface area (Å²) in [6.45, 7) is 3.68. The van der Waals surface area contributed by atoms with Crippen molar-refractivity contribution in [3.05, 3.63) is 35.8 Å². The van der Waals surface area contributed by atoms with Crippen LogP contribution in [-0.4, -0.2) is 35.8 Å². The van der Waals surface area contributed by atoms with E-state index in [1.54, 1.807) is 6.20 Å². The highest BCUT2D eigenvalue weighted by Gasteiger charge is 2.21. The molecule has 0 aromatic carbocycles. The van der Waals surface area contributed by atoms with Crippen LogP contribution in [0.1, 0.15) is 30.8 Å². The number of H-pyrrole nitrogens is 1. The van der Waals surface area contributed by atoms with Crippen molar-refractivity contribution in [2.75, 3.05) is 0 Å². The Bertz CT molecular complexity index is 755. The summed E-state index contributed by atoms with van der Waals surface area (Å²) in [5.74, 6) is 2.98. The molecule has 7 nitrogen and oxygen atoms in total. The number of hydrogen-bond donors (Lipinski definition) is 2. The first-order chi connectivity index (χ1) is 10.8. The second kappa shape index (κ2) is 5.49. The van der Waals surface area contributed by atoms with Crippen LogP contribution in [0, 0.1) is 0 Å². The first-order valence-electron chi connectivity index (χ1n) is 7.77. The summed E-state index contributed by atoms with van der Waals surface area (Å²) >= 11 is 0. The lowest BCUT2D eigenvalue weighted by Gasteiger charge is -2.23. The van der Waals surface area contributed by atoms with E-state index >= 15 is 0 Å². The third kappa shape index (κ3) is 2.48. The molecule has 1 aliphatic heterocycles. The summed E-state index contributed by atoms with van der Waals surface area (Å²) in [5, 5.41) is 8.10. The standard InChI is InChI=1S/C15H19N7/c1-2-12-19-14-6-5-10(9-22(14)21-12)17-8-13-18-11-4-3-7-16-15(11)20-13/h3-4,7,10,17H,2,5-6,8-9H2,1H3,(H,16,18,20). The number of aryl methyl sites for hydroxylation is 2. The molecule has 3 aromatic rings. The van der Waals surface area contributed by atoms with Gasteiger partial charge in [0, 0.05) is 25.1 Å². The minimum Gasteiger partial charge on any atom is -0.340 e. The molecule has 0 fully saturated rings. The van der Waals surface area contributed by atoms with Gasteiger partial charge in [-0.15, -0.1) is 0 Å². The predicted octanol–water partition coefficient (Wildman–Crippen LogP) is 1.22. The summed E-state index contributed by atoms with van der Waals surface area (Å²) in [6, 6.07) is 4.31. The smallest absolute Gasteiger partial charge is 0.177 e. The van der Waals surface area contributed by atoms with Crippen LogP contribution in [0.15, 0.2) is 18.3 Å². The number of rotatable bonds is 4. The molecule has 114 valence electrons. The minimum absolute atomic E-state index is 0.403. The molecule has 22 heavy (non-hydrogen) atoms. The molecule has 4 heterocycles. The maximum absolute atomic E-state index is 4.55. The second-order valence-electron chi connectivity index (χ2n) is 5.65. The van der Waals surface area contributed by atoms with Gasteiger partial charge >= 0.3 is 0 Å². The van der Waals surface area contributed by atoms with Crippen LogP contribution in [0.5, 0.6) is 0 Å². The number of pyridine rings is 1. The van der Waals surface area contributed by atoms with Crippen LogP contribution in [0.3, 0.4) is 0 Å². The topological polar surface area (TPSA) is 84.3 Å². The lowest BCUT2D eigenvalue weighted by atomic mass is 10.1. The zero-order valence-corrected chi connectivity index (χ0v) is 12.6. The van der Waals surface area contributed by atoms with Gasteiger partial charge < -0.3 is 10.3 Å². The number of imidazole rings is 1. The summed E-state index contributed by atoms with van der Waals surface area (Å²) in [7, 11) is 0. The van der Waals surface area contributed by atoms with Crippen molar-refractivity contribution in [1.82, 2.24) is 35.0 Å². The van der Waals surface area contributed by atoms with Crippen LogP contribution < -0.4 is 5.32 Å². The van der Waals surface area contributed by atoms with E-state index in [0.29, 0.717) is 12.6 Å². The molecule has 0 amide bonds. The van der Waals surface area contributed by atoms with E-state index < -0.39 is 0 Å². The molecule has 4 rings (SSSR count). The number of fused-ring (bicyclic) bond motifs is 2. The van der Waals surface area contributed by atoms with E-state index in [4.69, 9.17) is 0 Å². The Morgan fingerprint density at radius 3 is 3.23 bits per heavy atom.